The average molecular weight is 651 g/mol. The van der Waals surface area contributed by atoms with Gasteiger partial charge in [-0.25, -0.2) is 8.99 Å². The minimum Gasteiger partial charge on any atom is -0.493 e. The summed E-state index contributed by atoms with van der Waals surface area (Å²) in [5.74, 6) is 1.47. The third-order valence-corrected chi connectivity index (χ3v) is 19.2. The lowest BCUT2D eigenvalue weighted by Gasteiger charge is -2.46. The van der Waals surface area contributed by atoms with Crippen LogP contribution in [0.3, 0.4) is 0 Å². The molecule has 1 amide bonds. The van der Waals surface area contributed by atoms with E-state index in [2.05, 4.69) is 38.8 Å². The Hall–Kier alpha value is -1.58. The Labute approximate surface area is 263 Å². The zero-order valence-corrected chi connectivity index (χ0v) is 28.9. The third kappa shape index (κ3) is 7.04. The van der Waals surface area contributed by atoms with Crippen LogP contribution in [0.4, 0.5) is 0 Å². The first-order valence-electron chi connectivity index (χ1n) is 15.2. The molecule has 2 aliphatic carbocycles. The van der Waals surface area contributed by atoms with Gasteiger partial charge >= 0.3 is 0 Å². The molecule has 5 rings (SSSR count). The molecule has 1 saturated heterocycles. The van der Waals surface area contributed by atoms with Crippen LogP contribution in [0.15, 0.2) is 36.4 Å². The van der Waals surface area contributed by atoms with E-state index in [4.69, 9.17) is 32.7 Å². The van der Waals surface area contributed by atoms with E-state index in [0.717, 1.165) is 75.0 Å². The Morgan fingerprint density at radius 2 is 1.64 bits per heavy atom. The van der Waals surface area contributed by atoms with Gasteiger partial charge in [0.05, 0.1) is 11.9 Å². The number of nitrogens with one attached hydrogen (secondary N) is 1. The number of amides is 1. The van der Waals surface area contributed by atoms with Gasteiger partial charge in [0, 0.05) is 22.2 Å². The van der Waals surface area contributed by atoms with Crippen molar-refractivity contribution < 1.29 is 13.7 Å². The molecular formula is C32H45Cl2N3O3SSi. The standard InChI is InChI=1S/C32H45Cl2N3O3SSi/c1-32(2,3)42(4,5)37(41(35,39)28-9-10-28)31(38)25-8-11-30(29(18-25)24-6-7-24)40-21-22-12-14-36(15-13-22)20-23-16-26(33)19-27(34)17-23/h8,11,16-19,22,24,28,35H,6-7,9-10,12-15,20-21H2,1-5H3. The van der Waals surface area contributed by atoms with E-state index in [1.807, 2.05) is 30.3 Å². The molecule has 2 saturated carbocycles. The molecule has 1 heterocycles. The van der Waals surface area contributed by atoms with Gasteiger partial charge in [0.2, 0.25) is 0 Å². The van der Waals surface area contributed by atoms with E-state index in [1.54, 1.807) is 10.0 Å². The molecule has 0 aromatic heterocycles. The Balaban J connectivity index is 1.26. The zero-order valence-electron chi connectivity index (χ0n) is 25.6. The molecule has 6 nitrogen and oxygen atoms in total. The maximum Gasteiger partial charge on any atom is 0.258 e. The molecule has 0 spiro atoms. The van der Waals surface area contributed by atoms with E-state index >= 15 is 0 Å². The minimum absolute atomic E-state index is 0.212. The normalized spacial score (nSPS) is 20.3. The summed E-state index contributed by atoms with van der Waals surface area (Å²) in [6.45, 7) is 14.0. The van der Waals surface area contributed by atoms with Crippen LogP contribution in [0.5, 0.6) is 5.75 Å². The first kappa shape index (κ1) is 31.8. The highest BCUT2D eigenvalue weighted by Gasteiger charge is 2.52. The van der Waals surface area contributed by atoms with E-state index in [9.17, 15) is 9.00 Å². The van der Waals surface area contributed by atoms with Gasteiger partial charge in [0.25, 0.3) is 5.91 Å². The van der Waals surface area contributed by atoms with Crippen LogP contribution in [0.1, 0.15) is 86.7 Å². The number of nitrogens with zero attached hydrogens (tertiary/aromatic N) is 2. The summed E-state index contributed by atoms with van der Waals surface area (Å²) in [5, 5.41) is 0.906. The summed E-state index contributed by atoms with van der Waals surface area (Å²) < 4.78 is 30.7. The van der Waals surface area contributed by atoms with Crippen molar-refractivity contribution in [3.05, 3.63) is 63.1 Å². The lowest BCUT2D eigenvalue weighted by molar-refractivity contribution is 0.0913. The number of hydrogen-bond acceptors (Lipinski definition) is 5. The number of likely N-dealkylation sites (tertiary alicyclic amines) is 1. The quantitative estimate of drug-likeness (QED) is 0.261. The molecule has 2 aromatic carbocycles. The molecule has 3 aliphatic rings. The molecule has 42 heavy (non-hydrogen) atoms. The first-order valence-corrected chi connectivity index (χ1v) is 20.5. The van der Waals surface area contributed by atoms with Crippen molar-refractivity contribution in [1.29, 1.82) is 4.78 Å². The average Bonchev–Trinajstić information content (AvgIpc) is 3.80. The largest absolute Gasteiger partial charge is 0.493 e. The van der Waals surface area contributed by atoms with Gasteiger partial charge in [0.15, 0.2) is 8.24 Å². The second kappa shape index (κ2) is 12.1. The Bertz CT molecular complexity index is 1410. The van der Waals surface area contributed by atoms with Crippen molar-refractivity contribution in [2.75, 3.05) is 19.7 Å². The van der Waals surface area contributed by atoms with Gasteiger partial charge in [0.1, 0.15) is 15.7 Å². The van der Waals surface area contributed by atoms with Crippen LogP contribution in [0.25, 0.3) is 0 Å². The van der Waals surface area contributed by atoms with Crippen molar-refractivity contribution in [2.45, 2.75) is 95.1 Å². The molecule has 1 atom stereocenters. The highest BCUT2D eigenvalue weighted by Crippen LogP contribution is 2.47. The number of hydrogen-bond donors (Lipinski definition) is 1. The van der Waals surface area contributed by atoms with Gasteiger partial charge in [-0.15, -0.1) is 0 Å². The van der Waals surface area contributed by atoms with Crippen LogP contribution in [-0.4, -0.2) is 52.2 Å². The monoisotopic (exact) mass is 649 g/mol. The van der Waals surface area contributed by atoms with Crippen molar-refractivity contribution in [1.82, 2.24) is 8.87 Å². The van der Waals surface area contributed by atoms with Crippen LogP contribution < -0.4 is 4.74 Å². The molecule has 230 valence electrons. The molecule has 1 unspecified atom stereocenters. The summed E-state index contributed by atoms with van der Waals surface area (Å²) in [6, 6.07) is 11.5. The number of rotatable bonds is 10. The SMILES string of the molecule is CC(C)(C)[Si](C)(C)N(C(=O)c1ccc(OCC2CCN(Cc3cc(Cl)cc(Cl)c3)CC2)c(C2CC2)c1)S(=N)(=O)C1CC1. The van der Waals surface area contributed by atoms with E-state index in [1.165, 1.54) is 0 Å². The fourth-order valence-electron chi connectivity index (χ4n) is 5.68. The van der Waals surface area contributed by atoms with Crippen molar-refractivity contribution >= 4 is 47.3 Å². The lowest BCUT2D eigenvalue weighted by Crippen LogP contribution is -2.60. The van der Waals surface area contributed by atoms with E-state index in [-0.39, 0.29) is 16.2 Å². The number of benzene rings is 2. The molecular weight excluding hydrogens is 605 g/mol. The fourth-order valence-corrected chi connectivity index (χ4v) is 12.9. The predicted octanol–water partition coefficient (Wildman–Crippen LogP) is 8.73. The molecule has 1 N–H and O–H groups in total. The summed E-state index contributed by atoms with van der Waals surface area (Å²) in [4.78, 5) is 16.6. The van der Waals surface area contributed by atoms with Gasteiger partial charge in [-0.2, -0.15) is 0 Å². The molecule has 10 heteroatoms. The number of piperidine rings is 1. The molecule has 3 fully saturated rings. The van der Waals surface area contributed by atoms with Gasteiger partial charge < -0.3 is 4.74 Å². The maximum atomic E-state index is 14.1. The van der Waals surface area contributed by atoms with Crippen LogP contribution >= 0.6 is 23.2 Å². The lowest BCUT2D eigenvalue weighted by atomic mass is 9.97. The second-order valence-electron chi connectivity index (χ2n) is 14.0. The van der Waals surface area contributed by atoms with Gasteiger partial charge in [-0.1, -0.05) is 57.1 Å². The third-order valence-electron chi connectivity index (χ3n) is 9.56. The number of carbonyl (C=O) groups is 1. The highest BCUT2D eigenvalue weighted by atomic mass is 35.5. The van der Waals surface area contributed by atoms with Crippen LogP contribution in [0, 0.1) is 10.7 Å². The van der Waals surface area contributed by atoms with Crippen molar-refractivity contribution in [2.24, 2.45) is 5.92 Å². The minimum atomic E-state index is -3.20. The molecule has 1 aliphatic heterocycles. The van der Waals surface area contributed by atoms with Crippen molar-refractivity contribution in [3.8, 4) is 5.75 Å². The topological polar surface area (TPSA) is 73.7 Å². The Morgan fingerprint density at radius 1 is 1.02 bits per heavy atom. The smallest absolute Gasteiger partial charge is 0.258 e. The molecule has 0 bridgehead atoms. The summed E-state index contributed by atoms with van der Waals surface area (Å²) in [7, 11) is -5.78. The maximum absolute atomic E-state index is 14.1. The van der Waals surface area contributed by atoms with E-state index < -0.39 is 18.2 Å². The first-order chi connectivity index (χ1) is 19.7. The van der Waals surface area contributed by atoms with Gasteiger partial charge in [-0.3, -0.25) is 13.7 Å². The highest BCUT2D eigenvalue weighted by molar-refractivity contribution is 7.93. The predicted molar refractivity (Wildman–Crippen MR) is 176 cm³/mol. The number of carbonyl (C=O) groups excluding carboxylic acids is 1. The number of ether oxygens (including phenoxy) is 1. The Morgan fingerprint density at radius 3 is 2.19 bits per heavy atom. The summed E-state index contributed by atoms with van der Waals surface area (Å²) in [5.41, 5.74) is 2.75. The second-order valence-corrected chi connectivity index (χ2v) is 22.4. The summed E-state index contributed by atoms with van der Waals surface area (Å²) >= 11 is 12.4. The molecule has 0 radical (unpaired) electrons. The molecule has 2 aromatic rings. The van der Waals surface area contributed by atoms with Crippen LogP contribution in [-0.2, 0) is 16.5 Å². The van der Waals surface area contributed by atoms with Crippen LogP contribution in [0.2, 0.25) is 28.2 Å². The van der Waals surface area contributed by atoms with E-state index in [0.29, 0.717) is 34.1 Å². The fraction of sp³-hybridized carbons (Fsp3) is 0.594. The van der Waals surface area contributed by atoms with Gasteiger partial charge in [-0.05, 0) is 116 Å². The Kier molecular flexibility index (Phi) is 9.15. The zero-order chi connectivity index (χ0) is 30.4. The number of halogens is 2. The van der Waals surface area contributed by atoms with Crippen molar-refractivity contribution in [3.63, 3.8) is 0 Å². The summed E-state index contributed by atoms with van der Waals surface area (Å²) in [6.07, 6.45) is 5.81.